The van der Waals surface area contributed by atoms with Crippen LogP contribution in [0.1, 0.15) is 6.42 Å². The Morgan fingerprint density at radius 3 is 2.64 bits per heavy atom. The van der Waals surface area contributed by atoms with Gasteiger partial charge in [-0.2, -0.15) is 5.10 Å². The zero-order chi connectivity index (χ0) is 22.8. The fourth-order valence-electron chi connectivity index (χ4n) is 4.35. The number of methoxy groups -OCH3 is 1. The average molecular weight is 447 g/mol. The number of piperazine rings is 1. The highest BCUT2D eigenvalue weighted by Crippen LogP contribution is 2.29. The van der Waals surface area contributed by atoms with E-state index in [9.17, 15) is 9.59 Å². The number of rotatable bonds is 5. The van der Waals surface area contributed by atoms with Crippen LogP contribution in [0.15, 0.2) is 55.1 Å². The van der Waals surface area contributed by atoms with Crippen molar-refractivity contribution in [2.24, 2.45) is 5.92 Å². The van der Waals surface area contributed by atoms with Gasteiger partial charge in [-0.1, -0.05) is 6.07 Å². The zero-order valence-corrected chi connectivity index (χ0v) is 18.4. The smallest absolute Gasteiger partial charge is 0.228 e. The Labute approximate surface area is 191 Å². The highest BCUT2D eigenvalue weighted by molar-refractivity contribution is 6.00. The topological polar surface area (TPSA) is 96.7 Å². The molecule has 1 unspecified atom stereocenters. The van der Waals surface area contributed by atoms with Crippen LogP contribution in [0.5, 0.6) is 5.75 Å². The third kappa shape index (κ3) is 4.23. The molecule has 0 bridgehead atoms. The van der Waals surface area contributed by atoms with Gasteiger partial charge in [-0.25, -0.2) is 14.6 Å². The summed E-state index contributed by atoms with van der Waals surface area (Å²) in [5, 5.41) is 4.21. The van der Waals surface area contributed by atoms with Crippen molar-refractivity contribution in [3.8, 4) is 11.6 Å². The summed E-state index contributed by atoms with van der Waals surface area (Å²) in [6, 6.07) is 11.1. The average Bonchev–Trinajstić information content (AvgIpc) is 3.54. The Balaban J connectivity index is 1.21. The third-order valence-electron chi connectivity index (χ3n) is 6.13. The molecule has 1 aromatic carbocycles. The van der Waals surface area contributed by atoms with Crippen molar-refractivity contribution in [3.05, 3.63) is 55.1 Å². The molecule has 0 saturated carbocycles. The molecule has 2 saturated heterocycles. The number of benzene rings is 1. The minimum Gasteiger partial charge on any atom is -0.497 e. The lowest BCUT2D eigenvalue weighted by atomic mass is 10.1. The Hall–Kier alpha value is -3.95. The number of carbonyl (C=O) groups is 2. The maximum Gasteiger partial charge on any atom is 0.228 e. The van der Waals surface area contributed by atoms with E-state index in [1.54, 1.807) is 22.9 Å². The SMILES string of the molecule is COc1cccc(N2CC(C(=O)N3CCN(c4cc(-n5cccn5)ncn4)CC3)CC2=O)c1. The number of hydrogen-bond donors (Lipinski definition) is 0. The van der Waals surface area contributed by atoms with E-state index in [0.717, 1.165) is 11.5 Å². The molecule has 5 rings (SSSR count). The summed E-state index contributed by atoms with van der Waals surface area (Å²) in [5.41, 5.74) is 0.760. The van der Waals surface area contributed by atoms with E-state index < -0.39 is 0 Å². The van der Waals surface area contributed by atoms with Gasteiger partial charge in [0.05, 0.1) is 13.0 Å². The van der Waals surface area contributed by atoms with E-state index in [1.807, 2.05) is 47.5 Å². The Kier molecular flexibility index (Phi) is 5.64. The van der Waals surface area contributed by atoms with Crippen LogP contribution >= 0.6 is 0 Å². The molecule has 0 aliphatic carbocycles. The first-order valence-electron chi connectivity index (χ1n) is 10.9. The van der Waals surface area contributed by atoms with Gasteiger partial charge in [0.15, 0.2) is 5.82 Å². The second-order valence-electron chi connectivity index (χ2n) is 8.10. The minimum atomic E-state index is -0.333. The number of ether oxygens (including phenoxy) is 1. The van der Waals surface area contributed by atoms with E-state index in [1.165, 1.54) is 6.33 Å². The first-order chi connectivity index (χ1) is 16.1. The molecule has 4 heterocycles. The van der Waals surface area contributed by atoms with Crippen molar-refractivity contribution in [1.82, 2.24) is 24.6 Å². The van der Waals surface area contributed by atoms with E-state index >= 15 is 0 Å². The zero-order valence-electron chi connectivity index (χ0n) is 18.4. The Morgan fingerprint density at radius 1 is 1.06 bits per heavy atom. The van der Waals surface area contributed by atoms with Crippen molar-refractivity contribution < 1.29 is 14.3 Å². The standard InChI is InChI=1S/C23H25N7O3/c1-33-19-5-2-4-18(13-19)29-15-17(12-22(29)31)23(32)28-10-8-27(9-11-28)20-14-21(25-16-24-20)30-7-3-6-26-30/h2-7,13-14,16-17H,8-12,15H2,1H3. The van der Waals surface area contributed by atoms with Gasteiger partial charge in [0, 0.05) is 69.4 Å². The molecule has 1 atom stereocenters. The monoisotopic (exact) mass is 447 g/mol. The van der Waals surface area contributed by atoms with Crippen LogP contribution < -0.4 is 14.5 Å². The van der Waals surface area contributed by atoms with Crippen LogP contribution in [-0.2, 0) is 9.59 Å². The first kappa shape index (κ1) is 20.9. The van der Waals surface area contributed by atoms with Gasteiger partial charge in [0.25, 0.3) is 0 Å². The van der Waals surface area contributed by atoms with E-state index in [-0.39, 0.29) is 24.2 Å². The van der Waals surface area contributed by atoms with E-state index in [0.29, 0.717) is 44.3 Å². The quantitative estimate of drug-likeness (QED) is 0.583. The van der Waals surface area contributed by atoms with Gasteiger partial charge in [0.2, 0.25) is 11.8 Å². The summed E-state index contributed by atoms with van der Waals surface area (Å²) >= 11 is 0. The predicted molar refractivity (Wildman–Crippen MR) is 121 cm³/mol. The first-order valence-corrected chi connectivity index (χ1v) is 10.9. The molecule has 170 valence electrons. The van der Waals surface area contributed by atoms with Crippen LogP contribution in [0.3, 0.4) is 0 Å². The molecule has 2 aromatic heterocycles. The molecular weight excluding hydrogens is 422 g/mol. The number of nitrogens with zero attached hydrogens (tertiary/aromatic N) is 7. The van der Waals surface area contributed by atoms with Gasteiger partial charge in [0.1, 0.15) is 17.9 Å². The van der Waals surface area contributed by atoms with Crippen molar-refractivity contribution >= 4 is 23.3 Å². The molecule has 2 fully saturated rings. The van der Waals surface area contributed by atoms with Crippen molar-refractivity contribution in [1.29, 1.82) is 0 Å². The summed E-state index contributed by atoms with van der Waals surface area (Å²) in [6.07, 6.45) is 5.30. The molecule has 0 radical (unpaired) electrons. The maximum absolute atomic E-state index is 13.2. The summed E-state index contributed by atoms with van der Waals surface area (Å²) in [4.78, 5) is 40.1. The fraction of sp³-hybridized carbons (Fsp3) is 0.348. The van der Waals surface area contributed by atoms with E-state index in [2.05, 4.69) is 20.0 Å². The summed E-state index contributed by atoms with van der Waals surface area (Å²) in [7, 11) is 1.59. The predicted octanol–water partition coefficient (Wildman–Crippen LogP) is 1.37. The lowest BCUT2D eigenvalue weighted by Gasteiger charge is -2.36. The Bertz CT molecular complexity index is 1140. The number of anilines is 2. The normalized spacial score (nSPS) is 18.6. The van der Waals surface area contributed by atoms with Crippen molar-refractivity contribution in [2.45, 2.75) is 6.42 Å². The number of amides is 2. The minimum absolute atomic E-state index is 0.0348. The van der Waals surface area contributed by atoms with Crippen LogP contribution in [0, 0.1) is 5.92 Å². The highest BCUT2D eigenvalue weighted by atomic mass is 16.5. The summed E-state index contributed by atoms with van der Waals surface area (Å²) in [5.74, 6) is 1.86. The molecule has 10 heteroatoms. The van der Waals surface area contributed by atoms with E-state index in [4.69, 9.17) is 4.74 Å². The number of carbonyl (C=O) groups excluding carboxylic acids is 2. The summed E-state index contributed by atoms with van der Waals surface area (Å²) in [6.45, 7) is 2.90. The van der Waals surface area contributed by atoms with Crippen LogP contribution in [-0.4, -0.2) is 76.3 Å². The molecule has 0 spiro atoms. The Morgan fingerprint density at radius 2 is 1.88 bits per heavy atom. The second kappa shape index (κ2) is 8.89. The van der Waals surface area contributed by atoms with Gasteiger partial charge < -0.3 is 19.4 Å². The maximum atomic E-state index is 13.2. The largest absolute Gasteiger partial charge is 0.497 e. The molecule has 3 aromatic rings. The molecule has 33 heavy (non-hydrogen) atoms. The molecule has 2 aliphatic heterocycles. The molecular formula is C23H25N7O3. The van der Waals surface area contributed by atoms with Crippen LogP contribution in [0.2, 0.25) is 0 Å². The van der Waals surface area contributed by atoms with Gasteiger partial charge in [-0.05, 0) is 18.2 Å². The van der Waals surface area contributed by atoms with Crippen LogP contribution in [0.4, 0.5) is 11.5 Å². The molecule has 10 nitrogen and oxygen atoms in total. The van der Waals surface area contributed by atoms with Crippen LogP contribution in [0.25, 0.3) is 5.82 Å². The van der Waals surface area contributed by atoms with Crippen molar-refractivity contribution in [3.63, 3.8) is 0 Å². The number of hydrogen-bond acceptors (Lipinski definition) is 7. The lowest BCUT2D eigenvalue weighted by molar-refractivity contribution is -0.136. The fourth-order valence-corrected chi connectivity index (χ4v) is 4.35. The third-order valence-corrected chi connectivity index (χ3v) is 6.13. The molecule has 0 N–H and O–H groups in total. The van der Waals surface area contributed by atoms with Crippen molar-refractivity contribution in [2.75, 3.05) is 49.6 Å². The second-order valence-corrected chi connectivity index (χ2v) is 8.10. The van der Waals surface area contributed by atoms with Gasteiger partial charge in [-0.3, -0.25) is 9.59 Å². The lowest BCUT2D eigenvalue weighted by Crippen LogP contribution is -2.51. The summed E-state index contributed by atoms with van der Waals surface area (Å²) < 4.78 is 6.95. The molecule has 2 amide bonds. The van der Waals surface area contributed by atoms with Gasteiger partial charge >= 0.3 is 0 Å². The van der Waals surface area contributed by atoms with Gasteiger partial charge in [-0.15, -0.1) is 0 Å². The number of aromatic nitrogens is 4. The molecule has 2 aliphatic rings. The highest BCUT2D eigenvalue weighted by Gasteiger charge is 2.38.